The normalized spacial score (nSPS) is 11.2. The van der Waals surface area contributed by atoms with Crippen LogP contribution >= 0.6 is 22.6 Å². The Morgan fingerprint density at radius 2 is 2.24 bits per heavy atom. The zero-order chi connectivity index (χ0) is 11.8. The predicted octanol–water partition coefficient (Wildman–Crippen LogP) is 1.21. The fourth-order valence-electron chi connectivity index (χ4n) is 1.69. The summed E-state index contributed by atoms with van der Waals surface area (Å²) in [6.07, 6.45) is 1.85. The Morgan fingerprint density at radius 1 is 1.35 bits per heavy atom. The van der Waals surface area contributed by atoms with Crippen LogP contribution in [0.1, 0.15) is 5.82 Å². The summed E-state index contributed by atoms with van der Waals surface area (Å²) in [5, 5.41) is 17.4. The Kier molecular flexibility index (Phi) is 2.54. The summed E-state index contributed by atoms with van der Waals surface area (Å²) in [4.78, 5) is 1.45. The predicted molar refractivity (Wildman–Crippen MR) is 70.4 cm³/mol. The molecule has 2 aromatic heterocycles. The molecule has 1 aromatic carbocycles. The molecule has 0 aliphatic carbocycles. The summed E-state index contributed by atoms with van der Waals surface area (Å²) in [5.41, 5.74) is 1.09. The van der Waals surface area contributed by atoms with Crippen molar-refractivity contribution >= 4 is 33.5 Å². The lowest BCUT2D eigenvalue weighted by Crippen LogP contribution is -2.04. The van der Waals surface area contributed by atoms with Gasteiger partial charge in [-0.25, -0.2) is 0 Å². The molecular weight excluding hydrogens is 331 g/mol. The Balaban J connectivity index is 2.03. The van der Waals surface area contributed by atoms with Crippen LogP contribution in [-0.2, 0) is 13.6 Å². The molecular formula is C10H9IN6. The van der Waals surface area contributed by atoms with Gasteiger partial charge in [0.25, 0.3) is 0 Å². The molecule has 0 aliphatic rings. The minimum atomic E-state index is 0.539. The smallest absolute Gasteiger partial charge is 0.196 e. The van der Waals surface area contributed by atoms with Crippen LogP contribution in [-0.4, -0.2) is 30.0 Å². The molecule has 0 radical (unpaired) electrons. The van der Waals surface area contributed by atoms with E-state index in [9.17, 15) is 0 Å². The molecule has 0 bridgehead atoms. The monoisotopic (exact) mass is 340 g/mol. The maximum absolute atomic E-state index is 4.34. The second-order valence-corrected chi connectivity index (χ2v) is 4.95. The van der Waals surface area contributed by atoms with Crippen molar-refractivity contribution in [2.75, 3.05) is 0 Å². The van der Waals surface area contributed by atoms with E-state index in [2.05, 4.69) is 61.3 Å². The number of aromatic nitrogens is 6. The summed E-state index contributed by atoms with van der Waals surface area (Å²) in [7, 11) is 1.75. The van der Waals surface area contributed by atoms with Gasteiger partial charge in [0, 0.05) is 8.96 Å². The summed E-state index contributed by atoms with van der Waals surface area (Å²) >= 11 is 2.29. The summed E-state index contributed by atoms with van der Waals surface area (Å²) < 4.78 is 3.07. The number of tetrazole rings is 1. The van der Waals surface area contributed by atoms with Gasteiger partial charge in [0.1, 0.15) is 6.54 Å². The van der Waals surface area contributed by atoms with Crippen molar-refractivity contribution in [1.29, 1.82) is 0 Å². The van der Waals surface area contributed by atoms with E-state index in [4.69, 9.17) is 0 Å². The van der Waals surface area contributed by atoms with E-state index in [0.717, 1.165) is 10.9 Å². The highest BCUT2D eigenvalue weighted by molar-refractivity contribution is 14.1. The molecule has 0 saturated carbocycles. The Bertz CT molecular complexity index is 670. The number of rotatable bonds is 2. The van der Waals surface area contributed by atoms with Crippen molar-refractivity contribution < 1.29 is 0 Å². The average molecular weight is 340 g/mol. The molecule has 3 aromatic rings. The number of fused-ring (bicyclic) bond motifs is 1. The first-order chi connectivity index (χ1) is 8.22. The Morgan fingerprint density at radius 3 is 3.00 bits per heavy atom. The second-order valence-electron chi connectivity index (χ2n) is 3.70. The van der Waals surface area contributed by atoms with E-state index >= 15 is 0 Å². The highest BCUT2D eigenvalue weighted by Gasteiger charge is 2.07. The maximum atomic E-state index is 4.34. The van der Waals surface area contributed by atoms with Gasteiger partial charge in [0.15, 0.2) is 5.82 Å². The quantitative estimate of drug-likeness (QED) is 0.658. The molecule has 0 atom stereocenters. The number of hydrogen-bond acceptors (Lipinski definition) is 4. The van der Waals surface area contributed by atoms with Crippen LogP contribution in [0.3, 0.4) is 0 Å². The molecule has 0 saturated heterocycles. The fraction of sp³-hybridized carbons (Fsp3) is 0.200. The first-order valence-corrected chi connectivity index (χ1v) is 6.14. The third-order valence-corrected chi connectivity index (χ3v) is 3.12. The summed E-state index contributed by atoms with van der Waals surface area (Å²) in [6, 6.07) is 6.22. The zero-order valence-electron chi connectivity index (χ0n) is 9.08. The van der Waals surface area contributed by atoms with E-state index in [1.807, 2.05) is 10.9 Å². The number of halogens is 1. The van der Waals surface area contributed by atoms with Crippen LogP contribution in [0.4, 0.5) is 0 Å². The van der Waals surface area contributed by atoms with Crippen molar-refractivity contribution in [2.45, 2.75) is 6.54 Å². The molecule has 7 heteroatoms. The van der Waals surface area contributed by atoms with E-state index in [-0.39, 0.29) is 0 Å². The molecule has 0 amide bonds. The van der Waals surface area contributed by atoms with Gasteiger partial charge in [-0.05, 0) is 39.9 Å². The Labute approximate surface area is 111 Å². The number of hydrogen-bond donors (Lipinski definition) is 0. The number of benzene rings is 1. The van der Waals surface area contributed by atoms with Gasteiger partial charge in [-0.2, -0.15) is 9.90 Å². The van der Waals surface area contributed by atoms with Crippen LogP contribution in [0, 0.1) is 3.57 Å². The maximum Gasteiger partial charge on any atom is 0.196 e. The molecule has 0 spiro atoms. The van der Waals surface area contributed by atoms with Crippen LogP contribution in [0.2, 0.25) is 0 Å². The van der Waals surface area contributed by atoms with Crippen LogP contribution in [0.15, 0.2) is 24.4 Å². The van der Waals surface area contributed by atoms with Crippen molar-refractivity contribution in [2.24, 2.45) is 7.05 Å². The zero-order valence-corrected chi connectivity index (χ0v) is 11.2. The molecule has 86 valence electrons. The molecule has 0 aliphatic heterocycles. The van der Waals surface area contributed by atoms with Gasteiger partial charge in [-0.3, -0.25) is 4.68 Å². The van der Waals surface area contributed by atoms with Gasteiger partial charge in [0.2, 0.25) is 0 Å². The van der Waals surface area contributed by atoms with Crippen molar-refractivity contribution in [3.63, 3.8) is 0 Å². The Hall–Kier alpha value is -1.51. The first-order valence-electron chi connectivity index (χ1n) is 5.06. The lowest BCUT2D eigenvalue weighted by Gasteiger charge is -1.99. The molecule has 0 unspecified atom stereocenters. The lowest BCUT2D eigenvalue weighted by atomic mass is 10.2. The van der Waals surface area contributed by atoms with Gasteiger partial charge in [-0.1, -0.05) is 6.07 Å². The fourth-order valence-corrected chi connectivity index (χ4v) is 2.16. The van der Waals surface area contributed by atoms with E-state index < -0.39 is 0 Å². The molecule has 6 nitrogen and oxygen atoms in total. The number of aryl methyl sites for hydroxylation is 1. The number of nitrogens with zero attached hydrogens (tertiary/aromatic N) is 6. The average Bonchev–Trinajstić information content (AvgIpc) is 2.87. The highest BCUT2D eigenvalue weighted by atomic mass is 127. The van der Waals surface area contributed by atoms with Crippen molar-refractivity contribution in [3.8, 4) is 0 Å². The largest absolute Gasteiger partial charge is 0.257 e. The van der Waals surface area contributed by atoms with Crippen LogP contribution < -0.4 is 0 Å². The standard InChI is InChI=1S/C10H9IN6/c1-16-14-10(13-15-16)6-17-9-4-8(11)3-2-7(9)5-12-17/h2-5H,6H2,1H3. The van der Waals surface area contributed by atoms with E-state index in [1.165, 1.54) is 8.37 Å². The van der Waals surface area contributed by atoms with Gasteiger partial charge < -0.3 is 0 Å². The van der Waals surface area contributed by atoms with Gasteiger partial charge in [0.05, 0.1) is 18.8 Å². The summed E-state index contributed by atoms with van der Waals surface area (Å²) in [5.74, 6) is 0.663. The summed E-state index contributed by atoms with van der Waals surface area (Å²) in [6.45, 7) is 0.539. The molecule has 2 heterocycles. The molecule has 0 N–H and O–H groups in total. The van der Waals surface area contributed by atoms with E-state index in [1.54, 1.807) is 7.05 Å². The third-order valence-electron chi connectivity index (χ3n) is 2.45. The van der Waals surface area contributed by atoms with Crippen molar-refractivity contribution in [3.05, 3.63) is 33.8 Å². The molecule has 17 heavy (non-hydrogen) atoms. The molecule has 3 rings (SSSR count). The molecule has 0 fully saturated rings. The minimum absolute atomic E-state index is 0.539. The van der Waals surface area contributed by atoms with Gasteiger partial charge >= 0.3 is 0 Å². The third kappa shape index (κ3) is 2.02. The SMILES string of the molecule is Cn1nnc(Cn2ncc3ccc(I)cc32)n1. The second kappa shape index (κ2) is 4.06. The van der Waals surface area contributed by atoms with E-state index in [0.29, 0.717) is 12.4 Å². The lowest BCUT2D eigenvalue weighted by molar-refractivity contribution is 0.621. The minimum Gasteiger partial charge on any atom is -0.257 e. The van der Waals surface area contributed by atoms with Crippen LogP contribution in [0.25, 0.3) is 10.9 Å². The van der Waals surface area contributed by atoms with Gasteiger partial charge in [-0.15, -0.1) is 10.2 Å². The topological polar surface area (TPSA) is 61.4 Å². The first kappa shape index (κ1) is 10.6. The highest BCUT2D eigenvalue weighted by Crippen LogP contribution is 2.17. The van der Waals surface area contributed by atoms with Crippen LogP contribution in [0.5, 0.6) is 0 Å². The van der Waals surface area contributed by atoms with Crippen molar-refractivity contribution in [1.82, 2.24) is 30.0 Å².